The van der Waals surface area contributed by atoms with Crippen molar-refractivity contribution in [2.75, 3.05) is 0 Å². The lowest BCUT2D eigenvalue weighted by atomic mass is 10.0. The van der Waals surface area contributed by atoms with Crippen LogP contribution in [0.25, 0.3) is 94.4 Å². The van der Waals surface area contributed by atoms with Gasteiger partial charge in [0.15, 0.2) is 17.5 Å². The summed E-state index contributed by atoms with van der Waals surface area (Å²) in [5, 5.41) is 6.82. The van der Waals surface area contributed by atoms with Crippen molar-refractivity contribution >= 4 is 54.5 Å². The highest BCUT2D eigenvalue weighted by Crippen LogP contribution is 2.38. The molecule has 0 aliphatic carbocycles. The zero-order valence-electron chi connectivity index (χ0n) is 25.7. The van der Waals surface area contributed by atoms with Crippen LogP contribution in [0.3, 0.4) is 0 Å². The van der Waals surface area contributed by atoms with Gasteiger partial charge in [0.05, 0.1) is 16.7 Å². The zero-order valence-corrected chi connectivity index (χ0v) is 25.7. The summed E-state index contributed by atoms with van der Waals surface area (Å²) >= 11 is 0. The zero-order chi connectivity index (χ0) is 31.6. The molecule has 5 nitrogen and oxygen atoms in total. The van der Waals surface area contributed by atoms with Crippen LogP contribution in [0.2, 0.25) is 0 Å². The van der Waals surface area contributed by atoms with E-state index in [0.717, 1.165) is 66.1 Å². The molecule has 0 saturated carbocycles. The number of rotatable bonds is 4. The van der Waals surface area contributed by atoms with Crippen LogP contribution in [0.5, 0.6) is 0 Å². The van der Waals surface area contributed by atoms with Gasteiger partial charge in [0.2, 0.25) is 0 Å². The Morgan fingerprint density at radius 3 is 1.71 bits per heavy atom. The van der Waals surface area contributed by atoms with Crippen molar-refractivity contribution in [2.45, 2.75) is 0 Å². The first-order valence-corrected chi connectivity index (χ1v) is 16.0. The summed E-state index contributed by atoms with van der Waals surface area (Å²) in [7, 11) is 0. The fourth-order valence-electron chi connectivity index (χ4n) is 6.98. The maximum Gasteiger partial charge on any atom is 0.166 e. The Morgan fingerprint density at radius 2 is 0.958 bits per heavy atom. The second-order valence-corrected chi connectivity index (χ2v) is 12.1. The van der Waals surface area contributed by atoms with E-state index in [1.165, 1.54) is 10.8 Å². The molecule has 0 radical (unpaired) electrons. The molecule has 48 heavy (non-hydrogen) atoms. The molecule has 5 heteroatoms. The molecule has 3 heterocycles. The Bertz CT molecular complexity index is 2800. The van der Waals surface area contributed by atoms with Crippen molar-refractivity contribution in [1.29, 1.82) is 0 Å². The van der Waals surface area contributed by atoms with Crippen molar-refractivity contribution in [3.63, 3.8) is 0 Å². The smallest absolute Gasteiger partial charge is 0.166 e. The van der Waals surface area contributed by atoms with E-state index < -0.39 is 0 Å². The minimum absolute atomic E-state index is 0.586. The third-order valence-corrected chi connectivity index (χ3v) is 9.23. The summed E-state index contributed by atoms with van der Waals surface area (Å²) in [5.41, 5.74) is 7.63. The molecule has 0 N–H and O–H groups in total. The summed E-state index contributed by atoms with van der Waals surface area (Å²) < 4.78 is 8.61. The average molecular weight is 615 g/mol. The van der Waals surface area contributed by atoms with E-state index in [1.54, 1.807) is 0 Å². The molecule has 0 fully saturated rings. The molecule has 7 aromatic carbocycles. The van der Waals surface area contributed by atoms with Crippen molar-refractivity contribution < 1.29 is 4.42 Å². The first kappa shape index (κ1) is 26.6. The average Bonchev–Trinajstić information content (AvgIpc) is 3.70. The van der Waals surface area contributed by atoms with E-state index in [9.17, 15) is 0 Å². The number of nitrogens with zero attached hydrogens (tertiary/aromatic N) is 4. The SMILES string of the molecule is c1ccc(-c2nc(-c3ccc4c(c3)oc3ccccc34)nc(-c3cc4ccccc4cc3-n3c4ccccc4c4ccccc43)n2)cc1. The number of aromatic nitrogens is 4. The van der Waals surface area contributed by atoms with Gasteiger partial charge >= 0.3 is 0 Å². The van der Waals surface area contributed by atoms with Gasteiger partial charge in [-0.15, -0.1) is 0 Å². The summed E-state index contributed by atoms with van der Waals surface area (Å²) in [6, 6.07) is 54.5. The van der Waals surface area contributed by atoms with Gasteiger partial charge < -0.3 is 8.98 Å². The summed E-state index contributed by atoms with van der Waals surface area (Å²) in [4.78, 5) is 15.4. The molecule has 0 saturated heterocycles. The van der Waals surface area contributed by atoms with Gasteiger partial charge in [0, 0.05) is 38.2 Å². The number of fused-ring (bicyclic) bond motifs is 7. The lowest BCUT2D eigenvalue weighted by Gasteiger charge is -2.16. The van der Waals surface area contributed by atoms with Gasteiger partial charge in [-0.3, -0.25) is 0 Å². The van der Waals surface area contributed by atoms with E-state index in [-0.39, 0.29) is 0 Å². The molecular weight excluding hydrogens is 589 g/mol. The molecule has 10 rings (SSSR count). The maximum absolute atomic E-state index is 6.27. The van der Waals surface area contributed by atoms with Gasteiger partial charge in [-0.05, 0) is 53.2 Å². The third-order valence-electron chi connectivity index (χ3n) is 9.23. The Balaban J connectivity index is 1.27. The van der Waals surface area contributed by atoms with E-state index in [1.807, 2.05) is 54.6 Å². The minimum Gasteiger partial charge on any atom is -0.456 e. The van der Waals surface area contributed by atoms with E-state index in [2.05, 4.69) is 108 Å². The topological polar surface area (TPSA) is 56.7 Å². The molecule has 0 aliphatic rings. The number of hydrogen-bond acceptors (Lipinski definition) is 4. The van der Waals surface area contributed by atoms with Crippen LogP contribution < -0.4 is 0 Å². The minimum atomic E-state index is 0.586. The number of furan rings is 1. The Kier molecular flexibility index (Phi) is 5.81. The molecule has 0 unspecified atom stereocenters. The predicted octanol–water partition coefficient (Wildman–Crippen LogP) is 11.0. The van der Waals surface area contributed by atoms with Crippen LogP contribution in [0.15, 0.2) is 162 Å². The monoisotopic (exact) mass is 614 g/mol. The summed E-state index contributed by atoms with van der Waals surface area (Å²) in [6.07, 6.45) is 0. The van der Waals surface area contributed by atoms with Gasteiger partial charge in [0.25, 0.3) is 0 Å². The van der Waals surface area contributed by atoms with Gasteiger partial charge in [0.1, 0.15) is 11.2 Å². The maximum atomic E-state index is 6.27. The standard InChI is InChI=1S/C43H26N4O/c1-2-12-27(13-3-1)41-44-42(30-22-23-34-33-18-8-11-21-39(33)48-40(34)26-30)46-43(45-41)35-24-28-14-4-5-15-29(28)25-38(35)47-36-19-9-6-16-31(36)32-17-7-10-20-37(32)47/h1-26H. The molecule has 0 aliphatic heterocycles. The molecule has 0 amide bonds. The third kappa shape index (κ3) is 4.15. The van der Waals surface area contributed by atoms with Crippen LogP contribution in [0.4, 0.5) is 0 Å². The van der Waals surface area contributed by atoms with E-state index in [0.29, 0.717) is 17.5 Å². The Labute approximate surface area is 275 Å². The second-order valence-electron chi connectivity index (χ2n) is 12.1. The van der Waals surface area contributed by atoms with Crippen LogP contribution in [0.1, 0.15) is 0 Å². The Hall–Kier alpha value is -6.59. The predicted molar refractivity (Wildman–Crippen MR) is 195 cm³/mol. The molecule has 0 atom stereocenters. The molecular formula is C43H26N4O. The van der Waals surface area contributed by atoms with Crippen molar-refractivity contribution in [3.05, 3.63) is 158 Å². The molecule has 3 aromatic heterocycles. The molecule has 0 spiro atoms. The lowest BCUT2D eigenvalue weighted by molar-refractivity contribution is 0.669. The lowest BCUT2D eigenvalue weighted by Crippen LogP contribution is -2.04. The van der Waals surface area contributed by atoms with Crippen LogP contribution in [0, 0.1) is 0 Å². The van der Waals surface area contributed by atoms with Crippen LogP contribution in [-0.4, -0.2) is 19.5 Å². The van der Waals surface area contributed by atoms with Gasteiger partial charge in [-0.1, -0.05) is 115 Å². The van der Waals surface area contributed by atoms with Crippen molar-refractivity contribution in [2.24, 2.45) is 0 Å². The molecule has 10 aromatic rings. The largest absolute Gasteiger partial charge is 0.456 e. The number of hydrogen-bond donors (Lipinski definition) is 0. The number of benzene rings is 7. The quantitative estimate of drug-likeness (QED) is 0.198. The highest BCUT2D eigenvalue weighted by molar-refractivity contribution is 6.10. The number of para-hydroxylation sites is 3. The second kappa shape index (κ2) is 10.5. The molecule has 0 bridgehead atoms. The highest BCUT2D eigenvalue weighted by Gasteiger charge is 2.20. The van der Waals surface area contributed by atoms with E-state index in [4.69, 9.17) is 19.4 Å². The van der Waals surface area contributed by atoms with Crippen LogP contribution >= 0.6 is 0 Å². The van der Waals surface area contributed by atoms with Gasteiger partial charge in [-0.2, -0.15) is 0 Å². The fourth-order valence-corrected chi connectivity index (χ4v) is 6.98. The first-order valence-electron chi connectivity index (χ1n) is 16.0. The van der Waals surface area contributed by atoms with Crippen molar-refractivity contribution in [3.8, 4) is 39.9 Å². The summed E-state index contributed by atoms with van der Waals surface area (Å²) in [5.74, 6) is 1.80. The summed E-state index contributed by atoms with van der Waals surface area (Å²) in [6.45, 7) is 0. The van der Waals surface area contributed by atoms with Crippen molar-refractivity contribution in [1.82, 2.24) is 19.5 Å². The van der Waals surface area contributed by atoms with Crippen LogP contribution in [-0.2, 0) is 0 Å². The van der Waals surface area contributed by atoms with Gasteiger partial charge in [-0.25, -0.2) is 15.0 Å². The highest BCUT2D eigenvalue weighted by atomic mass is 16.3. The normalized spacial score (nSPS) is 11.8. The fraction of sp³-hybridized carbons (Fsp3) is 0. The van der Waals surface area contributed by atoms with E-state index >= 15 is 0 Å². The molecule has 224 valence electrons. The Morgan fingerprint density at radius 1 is 0.396 bits per heavy atom. The first-order chi connectivity index (χ1) is 23.8.